The van der Waals surface area contributed by atoms with E-state index in [4.69, 9.17) is 0 Å². The molecule has 0 saturated carbocycles. The van der Waals surface area contributed by atoms with Crippen molar-refractivity contribution in [1.82, 2.24) is 4.98 Å². The first-order chi connectivity index (χ1) is 4.61. The van der Waals surface area contributed by atoms with Crippen LogP contribution in [0.3, 0.4) is 0 Å². The number of pyridine rings is 1. The highest BCUT2D eigenvalue weighted by atomic mass is 16.1. The molecule has 1 N–H and O–H groups in total. The first kappa shape index (κ1) is 6.81. The molecule has 0 fully saturated rings. The predicted molar refractivity (Wildman–Crippen MR) is 42.1 cm³/mol. The minimum atomic E-state index is -0.0857. The van der Waals surface area contributed by atoms with Gasteiger partial charge in [0, 0.05) is 10.9 Å². The van der Waals surface area contributed by atoms with E-state index in [2.05, 4.69) is 18.1 Å². The van der Waals surface area contributed by atoms with Gasteiger partial charge >= 0.3 is 0 Å². The second kappa shape index (κ2) is 2.14. The van der Waals surface area contributed by atoms with Gasteiger partial charge in [0.25, 0.3) is 5.56 Å². The summed E-state index contributed by atoms with van der Waals surface area (Å²) in [5, 5.41) is 1.37. The van der Waals surface area contributed by atoms with E-state index in [0.717, 1.165) is 5.22 Å². The molecule has 0 spiro atoms. The SMILES string of the molecule is C=c1cc(C)c(=O)[nH]c1=C. The number of nitrogens with one attached hydrogen (secondary N) is 1. The van der Waals surface area contributed by atoms with Crippen LogP contribution in [-0.4, -0.2) is 4.98 Å². The second-order valence-corrected chi connectivity index (χ2v) is 2.29. The number of rotatable bonds is 0. The Bertz CT molecular complexity index is 389. The Morgan fingerprint density at radius 1 is 1.50 bits per heavy atom. The molecule has 1 rings (SSSR count). The van der Waals surface area contributed by atoms with Crippen molar-refractivity contribution in [2.45, 2.75) is 6.92 Å². The van der Waals surface area contributed by atoms with E-state index >= 15 is 0 Å². The fourth-order valence-electron chi connectivity index (χ4n) is 0.730. The molecule has 2 nitrogen and oxygen atoms in total. The summed E-state index contributed by atoms with van der Waals surface area (Å²) in [7, 11) is 0. The summed E-state index contributed by atoms with van der Waals surface area (Å²) in [5.74, 6) is 0. The van der Waals surface area contributed by atoms with Crippen LogP contribution < -0.4 is 16.1 Å². The molecule has 0 saturated heterocycles. The molecule has 0 atom stereocenters. The molecule has 1 heterocycles. The zero-order valence-corrected chi connectivity index (χ0v) is 5.90. The van der Waals surface area contributed by atoms with Gasteiger partial charge in [0.05, 0.1) is 0 Å². The van der Waals surface area contributed by atoms with Crippen LogP contribution >= 0.6 is 0 Å². The highest BCUT2D eigenvalue weighted by Gasteiger charge is 1.88. The third-order valence-corrected chi connectivity index (χ3v) is 1.40. The molecule has 0 bridgehead atoms. The van der Waals surface area contributed by atoms with Crippen LogP contribution in [0.2, 0.25) is 0 Å². The molecule has 0 aliphatic rings. The lowest BCUT2D eigenvalue weighted by Gasteiger charge is -1.89. The maximum absolute atomic E-state index is 10.9. The molecular weight excluding hydrogens is 126 g/mol. The Labute approximate surface area is 58.5 Å². The average Bonchev–Trinajstić information content (AvgIpc) is 1.84. The Kier molecular flexibility index (Phi) is 1.45. The monoisotopic (exact) mass is 135 g/mol. The lowest BCUT2D eigenvalue weighted by molar-refractivity contribution is 1.12. The molecule has 1 aromatic rings. The number of hydrogen-bond donors (Lipinski definition) is 1. The molecule has 0 unspecified atom stereocenters. The first-order valence-electron chi connectivity index (χ1n) is 2.99. The van der Waals surface area contributed by atoms with Crippen LogP contribution in [-0.2, 0) is 0 Å². The topological polar surface area (TPSA) is 32.9 Å². The lowest BCUT2D eigenvalue weighted by Crippen LogP contribution is -2.33. The van der Waals surface area contributed by atoms with Crippen LogP contribution in [0.25, 0.3) is 13.2 Å². The minimum absolute atomic E-state index is 0.0857. The molecule has 2 heteroatoms. The summed E-state index contributed by atoms with van der Waals surface area (Å²) in [6.07, 6.45) is 0. The Hall–Kier alpha value is -1.31. The molecule has 0 amide bonds. The van der Waals surface area contributed by atoms with Gasteiger partial charge in [-0.1, -0.05) is 13.2 Å². The van der Waals surface area contributed by atoms with Crippen LogP contribution in [0.1, 0.15) is 5.56 Å². The number of aromatic amines is 1. The van der Waals surface area contributed by atoms with Crippen LogP contribution in [0.15, 0.2) is 10.9 Å². The fraction of sp³-hybridized carbons (Fsp3) is 0.125. The normalized spacial score (nSPS) is 9.70. The number of aryl methyl sites for hydroxylation is 1. The molecule has 0 aromatic carbocycles. The van der Waals surface area contributed by atoms with Crippen molar-refractivity contribution in [2.75, 3.05) is 0 Å². The van der Waals surface area contributed by atoms with Gasteiger partial charge in [0.1, 0.15) is 0 Å². The van der Waals surface area contributed by atoms with E-state index in [1.54, 1.807) is 13.0 Å². The first-order valence-corrected chi connectivity index (χ1v) is 2.99. The van der Waals surface area contributed by atoms with Gasteiger partial charge < -0.3 is 4.98 Å². The van der Waals surface area contributed by atoms with Crippen LogP contribution in [0, 0.1) is 6.92 Å². The van der Waals surface area contributed by atoms with Crippen LogP contribution in [0.4, 0.5) is 0 Å². The predicted octanol–water partition coefficient (Wildman–Crippen LogP) is -0.496. The standard InChI is InChI=1S/C8H9NO/c1-5-4-6(2)8(10)9-7(5)3/h4H,1,3H2,2H3,(H,9,10). The second-order valence-electron chi connectivity index (χ2n) is 2.29. The van der Waals surface area contributed by atoms with E-state index in [1.165, 1.54) is 0 Å². The largest absolute Gasteiger partial charge is 0.322 e. The van der Waals surface area contributed by atoms with Crippen molar-refractivity contribution in [3.8, 4) is 0 Å². The molecule has 0 radical (unpaired) electrons. The maximum Gasteiger partial charge on any atom is 0.251 e. The van der Waals surface area contributed by atoms with Gasteiger partial charge in [-0.2, -0.15) is 0 Å². The third-order valence-electron chi connectivity index (χ3n) is 1.40. The van der Waals surface area contributed by atoms with Crippen LogP contribution in [0.5, 0.6) is 0 Å². The lowest BCUT2D eigenvalue weighted by atomic mass is 10.3. The van der Waals surface area contributed by atoms with Gasteiger partial charge in [0.2, 0.25) is 0 Å². The molecular formula is C8H9NO. The Morgan fingerprint density at radius 2 is 2.10 bits per heavy atom. The van der Waals surface area contributed by atoms with Crippen molar-refractivity contribution in [3.63, 3.8) is 0 Å². The zero-order chi connectivity index (χ0) is 7.72. The van der Waals surface area contributed by atoms with Crippen molar-refractivity contribution in [3.05, 3.63) is 32.6 Å². The van der Waals surface area contributed by atoms with Gasteiger partial charge in [0.15, 0.2) is 0 Å². The molecule has 52 valence electrons. The van der Waals surface area contributed by atoms with Gasteiger partial charge in [-0.15, -0.1) is 0 Å². The summed E-state index contributed by atoms with van der Waals surface area (Å²) in [5.41, 5.74) is 0.592. The zero-order valence-electron chi connectivity index (χ0n) is 5.90. The fourth-order valence-corrected chi connectivity index (χ4v) is 0.730. The highest BCUT2D eigenvalue weighted by molar-refractivity contribution is 5.15. The van der Waals surface area contributed by atoms with Crippen molar-refractivity contribution in [1.29, 1.82) is 0 Å². The van der Waals surface area contributed by atoms with Crippen molar-refractivity contribution in [2.24, 2.45) is 0 Å². The molecule has 10 heavy (non-hydrogen) atoms. The molecule has 0 aliphatic carbocycles. The van der Waals surface area contributed by atoms with E-state index in [-0.39, 0.29) is 5.56 Å². The van der Waals surface area contributed by atoms with Crippen molar-refractivity contribution >= 4 is 13.2 Å². The van der Waals surface area contributed by atoms with E-state index in [9.17, 15) is 4.79 Å². The maximum atomic E-state index is 10.9. The van der Waals surface area contributed by atoms with Gasteiger partial charge in [-0.3, -0.25) is 4.79 Å². The van der Waals surface area contributed by atoms with E-state index < -0.39 is 0 Å². The highest BCUT2D eigenvalue weighted by Crippen LogP contribution is 1.72. The minimum Gasteiger partial charge on any atom is -0.322 e. The quantitative estimate of drug-likeness (QED) is 0.511. The molecule has 1 aromatic heterocycles. The third kappa shape index (κ3) is 1.00. The summed E-state index contributed by atoms with van der Waals surface area (Å²) in [6.45, 7) is 9.04. The van der Waals surface area contributed by atoms with Gasteiger partial charge in [-0.05, 0) is 18.2 Å². The number of hydrogen-bond acceptors (Lipinski definition) is 1. The number of aromatic nitrogens is 1. The van der Waals surface area contributed by atoms with Gasteiger partial charge in [-0.25, -0.2) is 0 Å². The summed E-state index contributed by atoms with van der Waals surface area (Å²) >= 11 is 0. The number of H-pyrrole nitrogens is 1. The molecule has 0 aliphatic heterocycles. The summed E-state index contributed by atoms with van der Waals surface area (Å²) in [4.78, 5) is 13.4. The Morgan fingerprint density at radius 3 is 2.60 bits per heavy atom. The van der Waals surface area contributed by atoms with Crippen molar-refractivity contribution < 1.29 is 0 Å². The van der Waals surface area contributed by atoms with E-state index in [0.29, 0.717) is 10.9 Å². The van der Waals surface area contributed by atoms with E-state index in [1.807, 2.05) is 0 Å². The average molecular weight is 135 g/mol. The smallest absolute Gasteiger partial charge is 0.251 e. The summed E-state index contributed by atoms with van der Waals surface area (Å²) in [6, 6.07) is 1.72. The Balaban J connectivity index is 3.76. The summed E-state index contributed by atoms with van der Waals surface area (Å²) < 4.78 is 0.